The SMILES string of the molecule is CCCC(=O)c1ccc(CC(=O)NCc2cccc3ccccc23)cc1CC. The number of rotatable bonds is 8. The third-order valence-corrected chi connectivity index (χ3v) is 5.05. The number of Topliss-reactive ketones (excluding diaryl/α,β-unsaturated/α-hetero) is 1. The van der Waals surface area contributed by atoms with Gasteiger partial charge in [0, 0.05) is 18.5 Å². The number of hydrogen-bond donors (Lipinski definition) is 1. The van der Waals surface area contributed by atoms with Crippen molar-refractivity contribution in [3.8, 4) is 0 Å². The molecule has 3 aromatic rings. The molecular formula is C25H27NO2. The highest BCUT2D eigenvalue weighted by molar-refractivity contribution is 5.97. The van der Waals surface area contributed by atoms with Gasteiger partial charge in [-0.3, -0.25) is 9.59 Å². The van der Waals surface area contributed by atoms with Gasteiger partial charge in [-0.2, -0.15) is 0 Å². The molecule has 0 heterocycles. The van der Waals surface area contributed by atoms with Crippen molar-refractivity contribution in [2.45, 2.75) is 46.1 Å². The molecule has 0 radical (unpaired) electrons. The molecule has 3 rings (SSSR count). The number of fused-ring (bicyclic) bond motifs is 1. The minimum atomic E-state index is -0.0115. The van der Waals surface area contributed by atoms with Crippen LogP contribution >= 0.6 is 0 Å². The first-order valence-corrected chi connectivity index (χ1v) is 10.0. The van der Waals surface area contributed by atoms with E-state index in [1.54, 1.807) is 0 Å². The fraction of sp³-hybridized carbons (Fsp3) is 0.280. The van der Waals surface area contributed by atoms with Crippen LogP contribution in [-0.2, 0) is 24.2 Å². The molecule has 0 aliphatic rings. The van der Waals surface area contributed by atoms with Gasteiger partial charge in [0.05, 0.1) is 6.42 Å². The van der Waals surface area contributed by atoms with Gasteiger partial charge in [0.1, 0.15) is 0 Å². The van der Waals surface area contributed by atoms with Crippen molar-refractivity contribution in [1.82, 2.24) is 5.32 Å². The number of carbonyl (C=O) groups excluding carboxylic acids is 2. The number of benzene rings is 3. The molecule has 3 heteroatoms. The van der Waals surface area contributed by atoms with E-state index in [0.29, 0.717) is 19.4 Å². The molecule has 0 bridgehead atoms. The molecule has 0 spiro atoms. The second-order valence-corrected chi connectivity index (χ2v) is 7.11. The Morgan fingerprint density at radius 2 is 1.68 bits per heavy atom. The van der Waals surface area contributed by atoms with Gasteiger partial charge in [0.25, 0.3) is 0 Å². The standard InChI is InChI=1S/C25H27NO2/c1-3-8-24(27)23-14-13-18(15-19(23)4-2)16-25(28)26-17-21-11-7-10-20-9-5-6-12-22(20)21/h5-7,9-15H,3-4,8,16-17H2,1-2H3,(H,26,28). The average Bonchev–Trinajstić information content (AvgIpc) is 2.72. The lowest BCUT2D eigenvalue weighted by Gasteiger charge is -2.11. The Morgan fingerprint density at radius 1 is 0.893 bits per heavy atom. The summed E-state index contributed by atoms with van der Waals surface area (Å²) < 4.78 is 0. The first-order valence-electron chi connectivity index (χ1n) is 10.0. The van der Waals surface area contributed by atoms with Gasteiger partial charge >= 0.3 is 0 Å². The van der Waals surface area contributed by atoms with Crippen molar-refractivity contribution in [1.29, 1.82) is 0 Å². The summed E-state index contributed by atoms with van der Waals surface area (Å²) in [4.78, 5) is 24.7. The zero-order chi connectivity index (χ0) is 19.9. The minimum Gasteiger partial charge on any atom is -0.352 e. The molecule has 144 valence electrons. The lowest BCUT2D eigenvalue weighted by atomic mass is 9.96. The van der Waals surface area contributed by atoms with E-state index in [2.05, 4.69) is 23.5 Å². The van der Waals surface area contributed by atoms with E-state index in [-0.39, 0.29) is 11.7 Å². The summed E-state index contributed by atoms with van der Waals surface area (Å²) in [5.74, 6) is 0.175. The van der Waals surface area contributed by atoms with Crippen LogP contribution in [-0.4, -0.2) is 11.7 Å². The van der Waals surface area contributed by atoms with Crippen LogP contribution in [0.25, 0.3) is 10.8 Å². The van der Waals surface area contributed by atoms with E-state index in [1.807, 2.05) is 56.3 Å². The fourth-order valence-corrected chi connectivity index (χ4v) is 3.57. The predicted molar refractivity (Wildman–Crippen MR) is 115 cm³/mol. The lowest BCUT2D eigenvalue weighted by Crippen LogP contribution is -2.24. The zero-order valence-electron chi connectivity index (χ0n) is 16.6. The molecule has 0 unspecified atom stereocenters. The van der Waals surface area contributed by atoms with Gasteiger partial charge in [-0.25, -0.2) is 0 Å². The summed E-state index contributed by atoms with van der Waals surface area (Å²) in [7, 11) is 0. The Hall–Kier alpha value is -2.94. The van der Waals surface area contributed by atoms with Gasteiger partial charge in [0.15, 0.2) is 5.78 Å². The van der Waals surface area contributed by atoms with Gasteiger partial charge in [-0.15, -0.1) is 0 Å². The second-order valence-electron chi connectivity index (χ2n) is 7.11. The molecule has 0 aromatic heterocycles. The number of nitrogens with one attached hydrogen (secondary N) is 1. The zero-order valence-corrected chi connectivity index (χ0v) is 16.6. The largest absolute Gasteiger partial charge is 0.352 e. The van der Waals surface area contributed by atoms with Crippen LogP contribution in [0.3, 0.4) is 0 Å². The number of hydrogen-bond acceptors (Lipinski definition) is 2. The van der Waals surface area contributed by atoms with E-state index in [9.17, 15) is 9.59 Å². The summed E-state index contributed by atoms with van der Waals surface area (Å²) >= 11 is 0. The van der Waals surface area contributed by atoms with Crippen molar-refractivity contribution in [2.24, 2.45) is 0 Å². The molecule has 0 aliphatic carbocycles. The highest BCUT2D eigenvalue weighted by Crippen LogP contribution is 2.19. The Kier molecular flexibility index (Phi) is 6.59. The second kappa shape index (κ2) is 9.32. The third-order valence-electron chi connectivity index (χ3n) is 5.05. The third kappa shape index (κ3) is 4.66. The van der Waals surface area contributed by atoms with E-state index < -0.39 is 0 Å². The highest BCUT2D eigenvalue weighted by Gasteiger charge is 2.12. The maximum Gasteiger partial charge on any atom is 0.224 e. The summed E-state index contributed by atoms with van der Waals surface area (Å²) in [6, 6.07) is 20.1. The van der Waals surface area contributed by atoms with Crippen molar-refractivity contribution >= 4 is 22.5 Å². The summed E-state index contributed by atoms with van der Waals surface area (Å²) in [5.41, 5.74) is 3.88. The first-order chi connectivity index (χ1) is 13.6. The molecule has 1 amide bonds. The van der Waals surface area contributed by atoms with Crippen LogP contribution in [0.2, 0.25) is 0 Å². The maximum atomic E-state index is 12.5. The van der Waals surface area contributed by atoms with Crippen LogP contribution < -0.4 is 5.32 Å². The molecular weight excluding hydrogens is 346 g/mol. The van der Waals surface area contributed by atoms with E-state index >= 15 is 0 Å². The molecule has 0 fully saturated rings. The number of ketones is 1. The Labute approximate surface area is 166 Å². The van der Waals surface area contributed by atoms with Gasteiger partial charge in [-0.1, -0.05) is 74.5 Å². The molecule has 3 aromatic carbocycles. The Morgan fingerprint density at radius 3 is 2.46 bits per heavy atom. The maximum absolute atomic E-state index is 12.5. The van der Waals surface area contributed by atoms with Crippen LogP contribution in [0.4, 0.5) is 0 Å². The molecule has 28 heavy (non-hydrogen) atoms. The van der Waals surface area contributed by atoms with E-state index in [4.69, 9.17) is 0 Å². The molecule has 3 nitrogen and oxygen atoms in total. The van der Waals surface area contributed by atoms with Crippen molar-refractivity contribution in [3.05, 3.63) is 82.9 Å². The van der Waals surface area contributed by atoms with Crippen LogP contribution in [0.15, 0.2) is 60.7 Å². The van der Waals surface area contributed by atoms with Crippen molar-refractivity contribution < 1.29 is 9.59 Å². The first kappa shape index (κ1) is 19.8. The minimum absolute atomic E-state index is 0.0115. The van der Waals surface area contributed by atoms with Gasteiger partial charge in [0.2, 0.25) is 5.91 Å². The molecule has 1 N–H and O–H groups in total. The van der Waals surface area contributed by atoms with E-state index in [0.717, 1.165) is 40.5 Å². The van der Waals surface area contributed by atoms with E-state index in [1.165, 1.54) is 5.39 Å². The average molecular weight is 373 g/mol. The smallest absolute Gasteiger partial charge is 0.224 e. The summed E-state index contributed by atoms with van der Waals surface area (Å²) in [5, 5.41) is 5.37. The summed E-state index contributed by atoms with van der Waals surface area (Å²) in [6.45, 7) is 4.56. The highest BCUT2D eigenvalue weighted by atomic mass is 16.1. The van der Waals surface area contributed by atoms with Gasteiger partial charge < -0.3 is 5.32 Å². The number of amides is 1. The van der Waals surface area contributed by atoms with Crippen LogP contribution in [0.1, 0.15) is 53.7 Å². The topological polar surface area (TPSA) is 46.2 Å². The van der Waals surface area contributed by atoms with Crippen molar-refractivity contribution in [2.75, 3.05) is 0 Å². The number of aryl methyl sites for hydroxylation is 1. The quantitative estimate of drug-likeness (QED) is 0.549. The Balaban J connectivity index is 1.67. The summed E-state index contributed by atoms with van der Waals surface area (Å²) in [6.07, 6.45) is 2.52. The molecule has 0 saturated heterocycles. The van der Waals surface area contributed by atoms with Gasteiger partial charge in [-0.05, 0) is 40.3 Å². The Bertz CT molecular complexity index is 986. The van der Waals surface area contributed by atoms with Crippen LogP contribution in [0, 0.1) is 0 Å². The molecule has 0 atom stereocenters. The normalized spacial score (nSPS) is 10.8. The predicted octanol–water partition coefficient (Wildman–Crippen LogP) is 5.24. The number of carbonyl (C=O) groups is 2. The monoisotopic (exact) mass is 373 g/mol. The molecule has 0 aliphatic heterocycles. The lowest BCUT2D eigenvalue weighted by molar-refractivity contribution is -0.120. The fourth-order valence-electron chi connectivity index (χ4n) is 3.57. The molecule has 0 saturated carbocycles. The van der Waals surface area contributed by atoms with Crippen LogP contribution in [0.5, 0.6) is 0 Å². The van der Waals surface area contributed by atoms with Crippen molar-refractivity contribution in [3.63, 3.8) is 0 Å².